The number of hydrogen-bond acceptors (Lipinski definition) is 4. The summed E-state index contributed by atoms with van der Waals surface area (Å²) in [6.07, 6.45) is 6.39. The van der Waals surface area contributed by atoms with E-state index in [1.54, 1.807) is 5.01 Å². The molecule has 2 fully saturated rings. The summed E-state index contributed by atoms with van der Waals surface area (Å²) < 4.78 is 0. The van der Waals surface area contributed by atoms with Crippen molar-refractivity contribution in [2.75, 3.05) is 6.54 Å². The van der Waals surface area contributed by atoms with E-state index in [0.29, 0.717) is 12.3 Å². The van der Waals surface area contributed by atoms with Crippen molar-refractivity contribution in [2.45, 2.75) is 50.1 Å². The van der Waals surface area contributed by atoms with Crippen LogP contribution in [0.2, 0.25) is 0 Å². The Morgan fingerprint density at radius 2 is 1.51 bits per heavy atom. The summed E-state index contributed by atoms with van der Waals surface area (Å²) in [7, 11) is 0. The van der Waals surface area contributed by atoms with E-state index in [9.17, 15) is 14.7 Å². The fraction of sp³-hybridized carbons (Fsp3) is 0.312. The van der Waals surface area contributed by atoms with E-state index in [1.807, 2.05) is 91.0 Å². The molecule has 1 heterocycles. The van der Waals surface area contributed by atoms with Crippen LogP contribution in [0.5, 0.6) is 0 Å². The maximum Gasteiger partial charge on any atom is 0.326 e. The first-order chi connectivity index (χ1) is 19.0. The van der Waals surface area contributed by atoms with Crippen LogP contribution in [-0.4, -0.2) is 45.5 Å². The molecule has 3 aromatic carbocycles. The van der Waals surface area contributed by atoms with Crippen molar-refractivity contribution in [3.05, 3.63) is 119 Å². The van der Waals surface area contributed by atoms with Crippen molar-refractivity contribution >= 4 is 11.9 Å². The van der Waals surface area contributed by atoms with Crippen LogP contribution in [0.3, 0.4) is 0 Å². The lowest BCUT2D eigenvalue weighted by molar-refractivity contribution is -0.148. The van der Waals surface area contributed by atoms with Crippen LogP contribution in [0, 0.1) is 11.4 Å². The first-order valence-electron chi connectivity index (χ1n) is 13.6. The topological polar surface area (TPSA) is 97.1 Å². The third-order valence-electron chi connectivity index (χ3n) is 7.91. The summed E-state index contributed by atoms with van der Waals surface area (Å²) in [5, 5.41) is 15.8. The number of likely N-dealkylation sites (tertiary alicyclic amines) is 1. The highest BCUT2D eigenvalue weighted by Gasteiger charge is 2.45. The molecule has 1 amide bonds. The lowest BCUT2D eigenvalue weighted by atomic mass is 9.84. The van der Waals surface area contributed by atoms with E-state index in [0.717, 1.165) is 35.2 Å². The molecule has 200 valence electrons. The minimum Gasteiger partial charge on any atom is -0.480 e. The van der Waals surface area contributed by atoms with E-state index < -0.39 is 24.0 Å². The molecule has 2 atom stereocenters. The molecule has 5 rings (SSSR count). The molecular formula is C32H34N4O3. The van der Waals surface area contributed by atoms with Gasteiger partial charge in [-0.3, -0.25) is 4.79 Å². The quantitative estimate of drug-likeness (QED) is 0.250. The number of aliphatic carboxylic acids is 1. The van der Waals surface area contributed by atoms with Crippen molar-refractivity contribution < 1.29 is 14.7 Å². The van der Waals surface area contributed by atoms with Gasteiger partial charge in [-0.15, -0.1) is 0 Å². The second kappa shape index (κ2) is 12.1. The number of allylic oxidation sites excluding steroid dienone is 2. The third kappa shape index (κ3) is 5.93. The van der Waals surface area contributed by atoms with Crippen LogP contribution < -0.4 is 0 Å². The zero-order valence-electron chi connectivity index (χ0n) is 21.9. The van der Waals surface area contributed by atoms with Crippen LogP contribution in [0.15, 0.2) is 108 Å². The number of hydrogen-bond donors (Lipinski definition) is 2. The summed E-state index contributed by atoms with van der Waals surface area (Å²) in [5.74, 6) is -1.48. The fourth-order valence-corrected chi connectivity index (χ4v) is 5.68. The van der Waals surface area contributed by atoms with Gasteiger partial charge in [-0.25, -0.2) is 9.80 Å². The summed E-state index contributed by atoms with van der Waals surface area (Å²) in [6, 6.07) is 27.6. The first kappa shape index (κ1) is 26.4. The highest BCUT2D eigenvalue weighted by atomic mass is 16.4. The third-order valence-corrected chi connectivity index (χ3v) is 7.91. The summed E-state index contributed by atoms with van der Waals surface area (Å²) in [6.45, 7) is 0.186. The Morgan fingerprint density at radius 1 is 0.949 bits per heavy atom. The second-order valence-electron chi connectivity index (χ2n) is 10.4. The average molecular weight is 523 g/mol. The van der Waals surface area contributed by atoms with E-state index >= 15 is 0 Å². The fourth-order valence-electron chi connectivity index (χ4n) is 5.68. The lowest BCUT2D eigenvalue weighted by Crippen LogP contribution is -2.43. The number of amides is 1. The maximum absolute atomic E-state index is 14.2. The number of carbonyl (C=O) groups excluding carboxylic acids is 1. The maximum atomic E-state index is 14.2. The molecule has 2 N–H and O–H groups in total. The molecule has 0 unspecified atom stereocenters. The number of benzene rings is 3. The largest absolute Gasteiger partial charge is 0.480 e. The van der Waals surface area contributed by atoms with Gasteiger partial charge in [0.1, 0.15) is 6.04 Å². The second-order valence-corrected chi connectivity index (χ2v) is 10.4. The summed E-state index contributed by atoms with van der Waals surface area (Å²) in [4.78, 5) is 28.1. The van der Waals surface area contributed by atoms with Crippen LogP contribution in [-0.2, 0) is 16.0 Å². The Kier molecular flexibility index (Phi) is 8.16. The number of nitrogens with one attached hydrogen (secondary N) is 1. The molecule has 0 aromatic heterocycles. The number of nitrogens with zero attached hydrogens (tertiary/aromatic N) is 3. The van der Waals surface area contributed by atoms with Crippen LogP contribution in [0.25, 0.3) is 0 Å². The van der Waals surface area contributed by atoms with Gasteiger partial charge in [0.05, 0.1) is 12.0 Å². The molecule has 1 aliphatic carbocycles. The molecule has 0 spiro atoms. The Balaban J connectivity index is 1.46. The van der Waals surface area contributed by atoms with Crippen molar-refractivity contribution in [1.29, 1.82) is 5.53 Å². The van der Waals surface area contributed by atoms with Gasteiger partial charge in [-0.05, 0) is 35.4 Å². The van der Waals surface area contributed by atoms with Gasteiger partial charge in [-0.2, -0.15) is 5.53 Å². The van der Waals surface area contributed by atoms with Gasteiger partial charge < -0.3 is 10.0 Å². The standard InChI is InChI=1S/C32H34N4O3/c33-34-36(27(20-24-13-10-14-24)19-23-11-4-1-5-12-23)28-21-29(32(38)39)35(22-28)31(37)30(25-15-6-2-7-16-25)26-17-8-3-9-18-26/h1-9,11-12,15-18,20,24,28-30,33H,10,13-14,19,21-22H2,(H,38,39)/b27-20-,34-33?/t28-,29-/m0/s1. The monoisotopic (exact) mass is 522 g/mol. The Hall–Kier alpha value is -4.26. The molecular weight excluding hydrogens is 488 g/mol. The Bertz CT molecular complexity index is 1270. The summed E-state index contributed by atoms with van der Waals surface area (Å²) in [5.41, 5.74) is 11.7. The van der Waals surface area contributed by atoms with Gasteiger partial charge in [0.15, 0.2) is 0 Å². The molecule has 7 heteroatoms. The van der Waals surface area contributed by atoms with Crippen molar-refractivity contribution in [2.24, 2.45) is 11.1 Å². The number of carbonyl (C=O) groups is 2. The van der Waals surface area contributed by atoms with Gasteiger partial charge in [0.2, 0.25) is 5.91 Å². The molecule has 1 saturated heterocycles. The number of rotatable bonds is 10. The molecule has 2 aliphatic rings. The minimum atomic E-state index is -1.04. The smallest absolute Gasteiger partial charge is 0.326 e. The molecule has 1 aliphatic heterocycles. The van der Waals surface area contributed by atoms with E-state index in [4.69, 9.17) is 5.53 Å². The molecule has 3 aromatic rings. The minimum absolute atomic E-state index is 0.186. The van der Waals surface area contributed by atoms with Gasteiger partial charge in [0.25, 0.3) is 0 Å². The van der Waals surface area contributed by atoms with Crippen LogP contribution in [0.4, 0.5) is 0 Å². The Labute approximate surface area is 229 Å². The van der Waals surface area contributed by atoms with E-state index in [2.05, 4.69) is 11.3 Å². The highest BCUT2D eigenvalue weighted by molar-refractivity contribution is 5.91. The van der Waals surface area contributed by atoms with Gasteiger partial charge >= 0.3 is 5.97 Å². The number of carboxylic acid groups (broad SMARTS) is 1. The molecule has 39 heavy (non-hydrogen) atoms. The predicted molar refractivity (Wildman–Crippen MR) is 149 cm³/mol. The zero-order valence-corrected chi connectivity index (χ0v) is 21.9. The summed E-state index contributed by atoms with van der Waals surface area (Å²) >= 11 is 0. The molecule has 0 bridgehead atoms. The zero-order chi connectivity index (χ0) is 27.2. The van der Waals surface area contributed by atoms with Crippen molar-refractivity contribution in [3.63, 3.8) is 0 Å². The molecule has 0 radical (unpaired) electrons. The predicted octanol–water partition coefficient (Wildman–Crippen LogP) is 6.05. The molecule has 7 nitrogen and oxygen atoms in total. The first-order valence-corrected chi connectivity index (χ1v) is 13.6. The normalized spacial score (nSPS) is 19.5. The Morgan fingerprint density at radius 3 is 2.00 bits per heavy atom. The SMILES string of the molecule is N=NN(/C(=C\C1CCC1)Cc1ccccc1)[C@H]1C[C@@H](C(=O)O)N(C(=O)C(c2ccccc2)c2ccccc2)C1. The van der Waals surface area contributed by atoms with Crippen LogP contribution >= 0.6 is 0 Å². The van der Waals surface area contributed by atoms with Crippen molar-refractivity contribution in [3.8, 4) is 0 Å². The van der Waals surface area contributed by atoms with Gasteiger partial charge in [0, 0.05) is 25.1 Å². The van der Waals surface area contributed by atoms with E-state index in [-0.39, 0.29) is 18.9 Å². The van der Waals surface area contributed by atoms with E-state index in [1.165, 1.54) is 11.3 Å². The average Bonchev–Trinajstić information content (AvgIpc) is 3.38. The van der Waals surface area contributed by atoms with Gasteiger partial charge in [-0.1, -0.05) is 109 Å². The number of carboxylic acids is 1. The lowest BCUT2D eigenvalue weighted by Gasteiger charge is -2.31. The highest BCUT2D eigenvalue weighted by Crippen LogP contribution is 2.35. The van der Waals surface area contributed by atoms with Crippen molar-refractivity contribution in [1.82, 2.24) is 9.91 Å². The molecule has 1 saturated carbocycles. The van der Waals surface area contributed by atoms with Crippen LogP contribution in [0.1, 0.15) is 48.3 Å².